The van der Waals surface area contributed by atoms with Crippen LogP contribution in [0.25, 0.3) is 28.4 Å². The summed E-state index contributed by atoms with van der Waals surface area (Å²) in [4.78, 5) is 16.9. The van der Waals surface area contributed by atoms with Crippen LogP contribution in [0.1, 0.15) is 23.6 Å². The Balaban J connectivity index is 2.14. The summed E-state index contributed by atoms with van der Waals surface area (Å²) in [6.07, 6.45) is 4.17. The molecular weight excluding hydrogens is 272 g/mol. The molecule has 3 heterocycles. The smallest absolute Gasteiger partial charge is 0.251 e. The third-order valence-electron chi connectivity index (χ3n) is 4.23. The van der Waals surface area contributed by atoms with Gasteiger partial charge in [-0.05, 0) is 37.6 Å². The van der Waals surface area contributed by atoms with Crippen molar-refractivity contribution in [2.24, 2.45) is 0 Å². The molecule has 108 valence electrons. The van der Waals surface area contributed by atoms with Gasteiger partial charge in [0.15, 0.2) is 0 Å². The summed E-state index contributed by atoms with van der Waals surface area (Å²) in [5.41, 5.74) is 6.38. The van der Waals surface area contributed by atoms with Gasteiger partial charge in [0.1, 0.15) is 0 Å². The number of hydrogen-bond donors (Lipinski definition) is 0. The molecule has 1 aliphatic rings. The van der Waals surface area contributed by atoms with Crippen LogP contribution in [0.3, 0.4) is 0 Å². The van der Waals surface area contributed by atoms with Crippen molar-refractivity contribution in [3.05, 3.63) is 69.5 Å². The van der Waals surface area contributed by atoms with Crippen LogP contribution in [-0.2, 0) is 6.54 Å². The number of hydrogen-bond acceptors (Lipinski definition) is 2. The second kappa shape index (κ2) is 4.67. The number of fused-ring (bicyclic) bond motifs is 4. The summed E-state index contributed by atoms with van der Waals surface area (Å²) in [5, 5.41) is 1.15. The minimum absolute atomic E-state index is 0.0298. The predicted molar refractivity (Wildman–Crippen MR) is 90.0 cm³/mol. The first-order valence-corrected chi connectivity index (χ1v) is 7.45. The van der Waals surface area contributed by atoms with Crippen molar-refractivity contribution < 1.29 is 0 Å². The van der Waals surface area contributed by atoms with Gasteiger partial charge < -0.3 is 4.57 Å². The predicted octanol–water partition coefficient (Wildman–Crippen LogP) is 3.77. The lowest BCUT2D eigenvalue weighted by atomic mass is 9.99. The molecule has 0 N–H and O–H groups in total. The number of rotatable bonds is 1. The van der Waals surface area contributed by atoms with E-state index in [0.29, 0.717) is 6.54 Å². The van der Waals surface area contributed by atoms with Crippen LogP contribution in [0, 0.1) is 6.92 Å². The second-order valence-electron chi connectivity index (χ2n) is 5.71. The number of aromatic nitrogens is 2. The maximum Gasteiger partial charge on any atom is 0.251 e. The molecule has 0 saturated heterocycles. The quantitative estimate of drug-likeness (QED) is 0.534. The molecule has 0 amide bonds. The maximum absolute atomic E-state index is 12.1. The highest BCUT2D eigenvalue weighted by Gasteiger charge is 2.24. The zero-order chi connectivity index (χ0) is 15.3. The van der Waals surface area contributed by atoms with Crippen molar-refractivity contribution in [2.45, 2.75) is 20.4 Å². The van der Waals surface area contributed by atoms with E-state index in [9.17, 15) is 4.79 Å². The second-order valence-corrected chi connectivity index (χ2v) is 5.71. The molecular formula is C19H16N2O. The number of pyridine rings is 2. The van der Waals surface area contributed by atoms with E-state index in [1.165, 1.54) is 11.1 Å². The largest absolute Gasteiger partial charge is 0.302 e. The van der Waals surface area contributed by atoms with Crippen molar-refractivity contribution in [1.29, 1.82) is 0 Å². The first-order valence-electron chi connectivity index (χ1n) is 7.45. The van der Waals surface area contributed by atoms with E-state index in [0.717, 1.165) is 27.9 Å². The van der Waals surface area contributed by atoms with Gasteiger partial charge >= 0.3 is 0 Å². The number of aryl methyl sites for hydroxylation is 1. The normalized spacial score (nSPS) is 12.8. The fourth-order valence-corrected chi connectivity index (χ4v) is 3.22. The molecule has 22 heavy (non-hydrogen) atoms. The summed E-state index contributed by atoms with van der Waals surface area (Å²) in [7, 11) is 0. The van der Waals surface area contributed by atoms with Crippen molar-refractivity contribution in [2.75, 3.05) is 0 Å². The zero-order valence-corrected chi connectivity index (χ0v) is 12.6. The SMILES string of the molecule is C/C=C/c1c2c(nc3ccc(C)cc13)-c1cccc(=O)n1C2. The van der Waals surface area contributed by atoms with Gasteiger partial charge in [-0.25, -0.2) is 4.98 Å². The van der Waals surface area contributed by atoms with Gasteiger partial charge in [0.2, 0.25) is 0 Å². The minimum Gasteiger partial charge on any atom is -0.302 e. The Hall–Kier alpha value is -2.68. The molecule has 3 heteroatoms. The lowest BCUT2D eigenvalue weighted by molar-refractivity contribution is 0.803. The molecule has 0 bridgehead atoms. The monoisotopic (exact) mass is 288 g/mol. The van der Waals surface area contributed by atoms with Gasteiger partial charge in [-0.15, -0.1) is 0 Å². The molecule has 1 aromatic carbocycles. The zero-order valence-electron chi connectivity index (χ0n) is 12.6. The summed E-state index contributed by atoms with van der Waals surface area (Å²) < 4.78 is 1.80. The van der Waals surface area contributed by atoms with Gasteiger partial charge in [0.05, 0.1) is 23.4 Å². The molecule has 0 atom stereocenters. The lowest BCUT2D eigenvalue weighted by Gasteiger charge is -2.09. The summed E-state index contributed by atoms with van der Waals surface area (Å²) >= 11 is 0. The molecule has 4 rings (SSSR count). The first-order chi connectivity index (χ1) is 10.7. The van der Waals surface area contributed by atoms with E-state index in [1.807, 2.05) is 19.1 Å². The summed E-state index contributed by atoms with van der Waals surface area (Å²) in [5.74, 6) is 0. The molecule has 0 unspecified atom stereocenters. The van der Waals surface area contributed by atoms with Gasteiger partial charge in [-0.3, -0.25) is 4.79 Å². The highest BCUT2D eigenvalue weighted by atomic mass is 16.1. The standard InChI is InChI=1S/C19H16N2O/c1-3-5-13-14-10-12(2)8-9-16(14)20-19-15(13)11-21-17(19)6-4-7-18(21)22/h3-10H,11H2,1-2H3/b5-3+. The van der Waals surface area contributed by atoms with Gasteiger partial charge in [-0.2, -0.15) is 0 Å². The van der Waals surface area contributed by atoms with Crippen LogP contribution in [0.2, 0.25) is 0 Å². The fourth-order valence-electron chi connectivity index (χ4n) is 3.22. The van der Waals surface area contributed by atoms with E-state index in [1.54, 1.807) is 16.7 Å². The summed E-state index contributed by atoms with van der Waals surface area (Å²) in [6.45, 7) is 4.70. The van der Waals surface area contributed by atoms with Crippen LogP contribution in [0.4, 0.5) is 0 Å². The molecule has 0 radical (unpaired) electrons. The van der Waals surface area contributed by atoms with E-state index in [-0.39, 0.29) is 5.56 Å². The first kappa shape index (κ1) is 13.0. The van der Waals surface area contributed by atoms with E-state index < -0.39 is 0 Å². The molecule has 0 aliphatic carbocycles. The van der Waals surface area contributed by atoms with Crippen molar-refractivity contribution in [3.63, 3.8) is 0 Å². The molecule has 0 fully saturated rings. The van der Waals surface area contributed by atoms with Crippen molar-refractivity contribution in [3.8, 4) is 11.4 Å². The van der Waals surface area contributed by atoms with Crippen LogP contribution < -0.4 is 5.56 Å². The highest BCUT2D eigenvalue weighted by molar-refractivity contribution is 5.93. The lowest BCUT2D eigenvalue weighted by Crippen LogP contribution is -2.16. The van der Waals surface area contributed by atoms with Crippen molar-refractivity contribution in [1.82, 2.24) is 9.55 Å². The van der Waals surface area contributed by atoms with Gasteiger partial charge in [0, 0.05) is 17.0 Å². The molecule has 2 aromatic heterocycles. The average Bonchev–Trinajstić information content (AvgIpc) is 2.88. The minimum atomic E-state index is 0.0298. The maximum atomic E-state index is 12.1. The van der Waals surface area contributed by atoms with Crippen LogP contribution >= 0.6 is 0 Å². The molecule has 0 spiro atoms. The third kappa shape index (κ3) is 1.75. The Kier molecular flexibility index (Phi) is 2.76. The van der Waals surface area contributed by atoms with Crippen molar-refractivity contribution >= 4 is 17.0 Å². The Bertz CT molecular complexity index is 996. The fraction of sp³-hybridized carbons (Fsp3) is 0.158. The number of allylic oxidation sites excluding steroid dienone is 1. The van der Waals surface area contributed by atoms with Gasteiger partial charge in [0.25, 0.3) is 5.56 Å². The Morgan fingerprint density at radius 2 is 2.09 bits per heavy atom. The van der Waals surface area contributed by atoms with E-state index in [2.05, 4.69) is 31.2 Å². The number of nitrogens with zero attached hydrogens (tertiary/aromatic N) is 2. The number of benzene rings is 1. The Morgan fingerprint density at radius 3 is 2.91 bits per heavy atom. The Morgan fingerprint density at radius 1 is 1.23 bits per heavy atom. The van der Waals surface area contributed by atoms with Crippen LogP contribution in [0.5, 0.6) is 0 Å². The molecule has 1 aliphatic heterocycles. The Labute approximate surface area is 128 Å². The van der Waals surface area contributed by atoms with Crippen LogP contribution in [0.15, 0.2) is 47.3 Å². The summed E-state index contributed by atoms with van der Waals surface area (Å²) in [6, 6.07) is 11.7. The van der Waals surface area contributed by atoms with E-state index >= 15 is 0 Å². The topological polar surface area (TPSA) is 34.9 Å². The third-order valence-corrected chi connectivity index (χ3v) is 4.23. The highest BCUT2D eigenvalue weighted by Crippen LogP contribution is 2.35. The van der Waals surface area contributed by atoms with E-state index in [4.69, 9.17) is 4.98 Å². The van der Waals surface area contributed by atoms with Gasteiger partial charge in [-0.1, -0.05) is 29.8 Å². The molecule has 0 saturated carbocycles. The average molecular weight is 288 g/mol. The molecule has 3 aromatic rings. The molecule has 3 nitrogen and oxygen atoms in total. The van der Waals surface area contributed by atoms with Crippen LogP contribution in [-0.4, -0.2) is 9.55 Å².